The molecule has 39 heavy (non-hydrogen) atoms. The lowest BCUT2D eigenvalue weighted by atomic mass is 10.1. The van der Waals surface area contributed by atoms with Crippen molar-refractivity contribution >= 4 is 28.4 Å². The smallest absolute Gasteiger partial charge is 0.433 e. The summed E-state index contributed by atoms with van der Waals surface area (Å²) in [4.78, 5) is 15.7. The molecule has 0 aliphatic carbocycles. The third-order valence-corrected chi connectivity index (χ3v) is 5.70. The van der Waals surface area contributed by atoms with Crippen LogP contribution >= 0.6 is 22.6 Å². The predicted octanol–water partition coefficient (Wildman–Crippen LogP) is 6.56. The van der Waals surface area contributed by atoms with Gasteiger partial charge in [0.15, 0.2) is 16.1 Å². The van der Waals surface area contributed by atoms with Crippen LogP contribution in [0, 0.1) is 3.83 Å². The molecule has 4 aromatic rings. The fraction of sp³-hybridized carbons (Fsp3) is 0.182. The molecule has 0 bridgehead atoms. The van der Waals surface area contributed by atoms with Gasteiger partial charge in [-0.15, -0.1) is 0 Å². The molecule has 0 unspecified atom stereocenters. The van der Waals surface area contributed by atoms with Crippen LogP contribution in [0.25, 0.3) is 28.5 Å². The number of aromatic nitrogens is 5. The maximum Gasteiger partial charge on any atom is 0.433 e. The van der Waals surface area contributed by atoms with Gasteiger partial charge in [0.2, 0.25) is 5.95 Å². The third-order valence-electron chi connectivity index (χ3n) is 4.94. The van der Waals surface area contributed by atoms with Gasteiger partial charge in [-0.05, 0) is 30.3 Å². The van der Waals surface area contributed by atoms with Crippen LogP contribution in [0.3, 0.4) is 0 Å². The van der Waals surface area contributed by atoms with Crippen molar-refractivity contribution in [1.29, 1.82) is 0 Å². The Morgan fingerprint density at radius 3 is 2.10 bits per heavy atom. The van der Waals surface area contributed by atoms with Crippen molar-refractivity contribution in [2.45, 2.75) is 18.5 Å². The molecule has 0 amide bonds. The minimum Gasteiger partial charge on any atom is -0.483 e. The van der Waals surface area contributed by atoms with E-state index < -0.39 is 53.8 Å². The zero-order valence-electron chi connectivity index (χ0n) is 18.8. The van der Waals surface area contributed by atoms with Crippen LogP contribution in [0.1, 0.15) is 11.3 Å². The number of ether oxygens (including phenoxy) is 1. The Labute approximate surface area is 226 Å². The van der Waals surface area contributed by atoms with Crippen LogP contribution in [0.5, 0.6) is 5.75 Å². The minimum atomic E-state index is -5.10. The molecule has 0 atom stereocenters. The molecule has 206 valence electrons. The molecule has 2 N–H and O–H groups in total. The number of hydrogen-bond acceptors (Lipinski definition) is 6. The highest BCUT2D eigenvalue weighted by molar-refractivity contribution is 14.1. The number of nitrogens with two attached hydrogens (primary N) is 1. The van der Waals surface area contributed by atoms with E-state index in [2.05, 4.69) is 24.7 Å². The summed E-state index contributed by atoms with van der Waals surface area (Å²) in [5.41, 5.74) is 2.36. The van der Waals surface area contributed by atoms with Gasteiger partial charge in [0, 0.05) is 46.1 Å². The number of benzene rings is 1. The van der Waals surface area contributed by atoms with Crippen LogP contribution in [0.15, 0.2) is 48.8 Å². The second-order valence-corrected chi connectivity index (χ2v) is 8.75. The van der Waals surface area contributed by atoms with Crippen molar-refractivity contribution in [2.24, 2.45) is 0 Å². The Morgan fingerprint density at radius 2 is 1.51 bits per heavy atom. The number of pyridine rings is 1. The van der Waals surface area contributed by atoms with Crippen molar-refractivity contribution < 1.29 is 44.3 Å². The molecule has 7 nitrogen and oxygen atoms in total. The topological polar surface area (TPSA) is 91.7 Å². The molecule has 0 aliphatic heterocycles. The summed E-state index contributed by atoms with van der Waals surface area (Å²) in [6.45, 7) is -2.06. The van der Waals surface area contributed by atoms with Crippen LogP contribution in [-0.4, -0.2) is 37.3 Å². The molecule has 1 aromatic carbocycles. The summed E-state index contributed by atoms with van der Waals surface area (Å²) in [5.74, 6) is -1.57. The van der Waals surface area contributed by atoms with E-state index in [1.807, 2.05) is 0 Å². The first kappa shape index (κ1) is 28.4. The summed E-state index contributed by atoms with van der Waals surface area (Å²) in [5, 5.41) is 0. The minimum absolute atomic E-state index is 0.117. The van der Waals surface area contributed by atoms with Crippen molar-refractivity contribution in [2.75, 3.05) is 12.3 Å². The number of imidazole rings is 1. The van der Waals surface area contributed by atoms with Gasteiger partial charge in [-0.3, -0.25) is 4.57 Å². The van der Waals surface area contributed by atoms with Gasteiger partial charge in [0.25, 0.3) is 0 Å². The van der Waals surface area contributed by atoms with Crippen LogP contribution < -0.4 is 10.5 Å². The molecule has 0 spiro atoms. The first-order valence-corrected chi connectivity index (χ1v) is 11.4. The summed E-state index contributed by atoms with van der Waals surface area (Å²) < 4.78 is 125. The van der Waals surface area contributed by atoms with Crippen molar-refractivity contribution in [1.82, 2.24) is 24.5 Å². The first-order valence-electron chi connectivity index (χ1n) is 10.4. The highest BCUT2D eigenvalue weighted by atomic mass is 127. The Kier molecular flexibility index (Phi) is 7.39. The molecule has 3 heterocycles. The Morgan fingerprint density at radius 1 is 0.821 bits per heavy atom. The lowest BCUT2D eigenvalue weighted by Crippen LogP contribution is -2.21. The SMILES string of the molecule is Nc1ccc(-c2cn(-c3nc(-c4ccc(C(F)(F)F)c(OCC(F)(F)F)c4)cc(C(F)(F)F)n3)c(I)n2)cn1. The fourth-order valence-corrected chi connectivity index (χ4v) is 3.84. The number of alkyl halides is 9. The molecule has 0 fully saturated rings. The fourth-order valence-electron chi connectivity index (χ4n) is 3.22. The predicted molar refractivity (Wildman–Crippen MR) is 127 cm³/mol. The van der Waals surface area contributed by atoms with Crippen LogP contribution in [-0.2, 0) is 12.4 Å². The van der Waals surface area contributed by atoms with Gasteiger partial charge >= 0.3 is 18.5 Å². The average Bonchev–Trinajstić information content (AvgIpc) is 3.22. The summed E-state index contributed by atoms with van der Waals surface area (Å²) in [6.07, 6.45) is -12.4. The molecule has 3 aromatic heterocycles. The van der Waals surface area contributed by atoms with E-state index in [0.717, 1.165) is 10.6 Å². The maximum atomic E-state index is 13.7. The maximum absolute atomic E-state index is 13.7. The second kappa shape index (κ2) is 10.2. The zero-order valence-corrected chi connectivity index (χ0v) is 21.0. The molecule has 17 heteroatoms. The Balaban J connectivity index is 1.84. The molecule has 0 saturated heterocycles. The Bertz CT molecular complexity index is 1500. The van der Waals surface area contributed by atoms with E-state index in [4.69, 9.17) is 5.73 Å². The Hall–Kier alpha value is -3.64. The van der Waals surface area contributed by atoms with E-state index in [1.165, 1.54) is 18.5 Å². The number of anilines is 1. The van der Waals surface area contributed by atoms with Gasteiger partial charge < -0.3 is 10.5 Å². The third kappa shape index (κ3) is 6.69. The lowest BCUT2D eigenvalue weighted by molar-refractivity contribution is -0.158. The van der Waals surface area contributed by atoms with Crippen LogP contribution in [0.4, 0.5) is 45.3 Å². The molecule has 4 rings (SSSR count). The summed E-state index contributed by atoms with van der Waals surface area (Å²) in [7, 11) is 0. The van der Waals surface area contributed by atoms with Gasteiger partial charge in [-0.1, -0.05) is 6.07 Å². The van der Waals surface area contributed by atoms with E-state index in [-0.39, 0.29) is 20.9 Å². The van der Waals surface area contributed by atoms with E-state index in [1.54, 1.807) is 28.7 Å². The monoisotopic (exact) mass is 674 g/mol. The van der Waals surface area contributed by atoms with E-state index in [0.29, 0.717) is 23.8 Å². The normalized spacial score (nSPS) is 12.6. The van der Waals surface area contributed by atoms with Gasteiger partial charge in [-0.25, -0.2) is 19.9 Å². The summed E-state index contributed by atoms with van der Waals surface area (Å²) >= 11 is 1.71. The summed E-state index contributed by atoms with van der Waals surface area (Å²) in [6, 6.07) is 5.18. The highest BCUT2D eigenvalue weighted by Crippen LogP contribution is 2.40. The number of nitrogens with zero attached hydrogens (tertiary/aromatic N) is 5. The second-order valence-electron chi connectivity index (χ2n) is 7.79. The van der Waals surface area contributed by atoms with Crippen molar-refractivity contribution in [3.05, 3.63) is 63.9 Å². The zero-order chi connectivity index (χ0) is 28.8. The van der Waals surface area contributed by atoms with Crippen LogP contribution in [0.2, 0.25) is 0 Å². The van der Waals surface area contributed by atoms with Gasteiger partial charge in [0.1, 0.15) is 11.6 Å². The van der Waals surface area contributed by atoms with Crippen molar-refractivity contribution in [3.63, 3.8) is 0 Å². The van der Waals surface area contributed by atoms with Gasteiger partial charge in [-0.2, -0.15) is 39.5 Å². The standard InChI is InChI=1S/C22H12F9IN6O/c23-20(24,25)9-39-15-5-10(1-3-12(15)21(26,27)28)13-6-16(22(29,30)31)37-19(36-13)38-8-14(35-18(38)32)11-2-4-17(33)34-7-11/h1-8H,9H2,(H2,33,34). The molecule has 0 saturated carbocycles. The molecular weight excluding hydrogens is 662 g/mol. The molecular formula is C22H12F9IN6O. The average molecular weight is 674 g/mol. The van der Waals surface area contributed by atoms with Crippen molar-refractivity contribution in [3.8, 4) is 34.2 Å². The first-order chi connectivity index (χ1) is 18.0. The number of hydrogen-bond donors (Lipinski definition) is 1. The number of rotatable bonds is 5. The van der Waals surface area contributed by atoms with E-state index in [9.17, 15) is 39.5 Å². The number of nitrogen functional groups attached to an aromatic ring is 1. The molecule has 0 aliphatic rings. The number of halogens is 10. The largest absolute Gasteiger partial charge is 0.483 e. The van der Waals surface area contributed by atoms with E-state index >= 15 is 0 Å². The lowest BCUT2D eigenvalue weighted by Gasteiger charge is -2.17. The highest BCUT2D eigenvalue weighted by Gasteiger charge is 2.37. The quantitative estimate of drug-likeness (QED) is 0.191. The van der Waals surface area contributed by atoms with Gasteiger partial charge in [0.05, 0.1) is 17.0 Å². The molecule has 0 radical (unpaired) electrons.